The predicted molar refractivity (Wildman–Crippen MR) is 83.9 cm³/mol. The minimum absolute atomic E-state index is 0.569. The second-order valence-corrected chi connectivity index (χ2v) is 6.22. The van der Waals surface area contributed by atoms with Gasteiger partial charge in [0.05, 0.1) is 0 Å². The van der Waals surface area contributed by atoms with E-state index in [0.29, 0.717) is 6.04 Å². The SMILES string of the molecule is CN1CCCC(Nc2ccccc2-c2cccs2)C1. The summed E-state index contributed by atoms with van der Waals surface area (Å²) in [7, 11) is 2.21. The van der Waals surface area contributed by atoms with Crippen molar-refractivity contribution in [3.05, 3.63) is 41.8 Å². The molecule has 1 aromatic heterocycles. The first kappa shape index (κ1) is 12.7. The fraction of sp³-hybridized carbons (Fsp3) is 0.375. The monoisotopic (exact) mass is 272 g/mol. The zero-order chi connectivity index (χ0) is 13.1. The Labute approximate surface area is 119 Å². The van der Waals surface area contributed by atoms with E-state index in [-0.39, 0.29) is 0 Å². The summed E-state index contributed by atoms with van der Waals surface area (Å²) >= 11 is 1.80. The third kappa shape index (κ3) is 2.99. The van der Waals surface area contributed by atoms with Gasteiger partial charge in [-0.3, -0.25) is 0 Å². The predicted octanol–water partition coefficient (Wildman–Crippen LogP) is 3.92. The Kier molecular flexibility index (Phi) is 3.85. The number of hydrogen-bond donors (Lipinski definition) is 1. The molecule has 1 aromatic carbocycles. The molecule has 3 heteroatoms. The molecular weight excluding hydrogens is 252 g/mol. The molecule has 1 fully saturated rings. The Balaban J connectivity index is 1.81. The van der Waals surface area contributed by atoms with Gasteiger partial charge in [0.25, 0.3) is 0 Å². The van der Waals surface area contributed by atoms with E-state index < -0.39 is 0 Å². The third-order valence-electron chi connectivity index (χ3n) is 3.70. The zero-order valence-electron chi connectivity index (χ0n) is 11.3. The number of para-hydroxylation sites is 1. The lowest BCUT2D eigenvalue weighted by atomic mass is 10.0. The number of nitrogens with one attached hydrogen (secondary N) is 1. The Bertz CT molecular complexity index is 521. The van der Waals surface area contributed by atoms with Gasteiger partial charge in [-0.05, 0) is 43.9 Å². The van der Waals surface area contributed by atoms with Crippen LogP contribution in [-0.2, 0) is 0 Å². The lowest BCUT2D eigenvalue weighted by molar-refractivity contribution is 0.261. The van der Waals surface area contributed by atoms with Gasteiger partial charge in [-0.15, -0.1) is 11.3 Å². The van der Waals surface area contributed by atoms with Gasteiger partial charge in [-0.25, -0.2) is 0 Å². The second kappa shape index (κ2) is 5.76. The van der Waals surface area contributed by atoms with Gasteiger partial charge in [0.2, 0.25) is 0 Å². The molecule has 2 aromatic rings. The third-order valence-corrected chi connectivity index (χ3v) is 4.60. The van der Waals surface area contributed by atoms with Crippen molar-refractivity contribution in [2.24, 2.45) is 0 Å². The fourth-order valence-corrected chi connectivity index (χ4v) is 3.53. The molecule has 19 heavy (non-hydrogen) atoms. The Morgan fingerprint density at radius 3 is 2.89 bits per heavy atom. The number of hydrogen-bond acceptors (Lipinski definition) is 3. The van der Waals surface area contributed by atoms with E-state index in [1.165, 1.54) is 35.5 Å². The molecule has 1 aliphatic rings. The average Bonchev–Trinajstić information content (AvgIpc) is 2.93. The molecule has 0 saturated carbocycles. The lowest BCUT2D eigenvalue weighted by Gasteiger charge is -2.31. The van der Waals surface area contributed by atoms with Gasteiger partial charge < -0.3 is 10.2 Å². The molecule has 0 aliphatic carbocycles. The number of likely N-dealkylation sites (tertiary alicyclic amines) is 1. The first-order valence-electron chi connectivity index (χ1n) is 6.91. The summed E-state index contributed by atoms with van der Waals surface area (Å²) in [6, 6.07) is 13.5. The molecule has 1 aliphatic heterocycles. The first-order chi connectivity index (χ1) is 9.33. The highest BCUT2D eigenvalue weighted by molar-refractivity contribution is 7.13. The summed E-state index contributed by atoms with van der Waals surface area (Å²) in [5.41, 5.74) is 2.59. The van der Waals surface area contributed by atoms with Gasteiger partial charge in [0.15, 0.2) is 0 Å². The molecule has 1 N–H and O–H groups in total. The van der Waals surface area contributed by atoms with Gasteiger partial charge >= 0.3 is 0 Å². The van der Waals surface area contributed by atoms with Crippen LogP contribution in [0.3, 0.4) is 0 Å². The van der Waals surface area contributed by atoms with Crippen LogP contribution >= 0.6 is 11.3 Å². The van der Waals surface area contributed by atoms with Crippen LogP contribution < -0.4 is 5.32 Å². The fourth-order valence-electron chi connectivity index (χ4n) is 2.76. The van der Waals surface area contributed by atoms with Crippen LogP contribution in [0.2, 0.25) is 0 Å². The smallest absolute Gasteiger partial charge is 0.0430 e. The van der Waals surface area contributed by atoms with E-state index in [0.717, 1.165) is 6.54 Å². The van der Waals surface area contributed by atoms with Gasteiger partial charge in [-0.2, -0.15) is 0 Å². The standard InChI is InChI=1S/C16H20N2S/c1-18-10-4-6-13(12-18)17-15-8-3-2-7-14(15)16-9-5-11-19-16/h2-3,5,7-9,11,13,17H,4,6,10,12H2,1H3. The molecular formula is C16H20N2S. The first-order valence-corrected chi connectivity index (χ1v) is 7.79. The molecule has 0 bridgehead atoms. The number of thiophene rings is 1. The molecule has 1 unspecified atom stereocenters. The second-order valence-electron chi connectivity index (χ2n) is 5.27. The van der Waals surface area contributed by atoms with Crippen molar-refractivity contribution in [3.8, 4) is 10.4 Å². The van der Waals surface area contributed by atoms with Crippen LogP contribution in [-0.4, -0.2) is 31.1 Å². The Hall–Kier alpha value is -1.32. The van der Waals surface area contributed by atoms with Crippen molar-refractivity contribution in [1.82, 2.24) is 4.90 Å². The van der Waals surface area contributed by atoms with Crippen molar-refractivity contribution in [3.63, 3.8) is 0 Å². The maximum atomic E-state index is 3.73. The van der Waals surface area contributed by atoms with Gasteiger partial charge in [0.1, 0.15) is 0 Å². The van der Waals surface area contributed by atoms with Crippen LogP contribution in [0.1, 0.15) is 12.8 Å². The number of rotatable bonds is 3. The van der Waals surface area contributed by atoms with E-state index in [4.69, 9.17) is 0 Å². The molecule has 2 nitrogen and oxygen atoms in total. The average molecular weight is 272 g/mol. The maximum Gasteiger partial charge on any atom is 0.0430 e. The Morgan fingerprint density at radius 1 is 1.21 bits per heavy atom. The molecule has 0 amide bonds. The minimum atomic E-state index is 0.569. The van der Waals surface area contributed by atoms with E-state index in [1.807, 2.05) is 0 Å². The number of likely N-dealkylation sites (N-methyl/N-ethyl adjacent to an activating group) is 1. The molecule has 3 rings (SSSR count). The molecule has 0 radical (unpaired) electrons. The molecule has 100 valence electrons. The van der Waals surface area contributed by atoms with Crippen LogP contribution in [0.5, 0.6) is 0 Å². The van der Waals surface area contributed by atoms with Crippen LogP contribution in [0.15, 0.2) is 41.8 Å². The van der Waals surface area contributed by atoms with E-state index >= 15 is 0 Å². The minimum Gasteiger partial charge on any atom is -0.380 e. The number of anilines is 1. The van der Waals surface area contributed by atoms with E-state index in [9.17, 15) is 0 Å². The van der Waals surface area contributed by atoms with Gasteiger partial charge in [0, 0.05) is 28.7 Å². The zero-order valence-corrected chi connectivity index (χ0v) is 12.1. The van der Waals surface area contributed by atoms with E-state index in [2.05, 4.69) is 59.0 Å². The van der Waals surface area contributed by atoms with Crippen LogP contribution in [0, 0.1) is 0 Å². The highest BCUT2D eigenvalue weighted by atomic mass is 32.1. The highest BCUT2D eigenvalue weighted by Crippen LogP contribution is 2.32. The largest absolute Gasteiger partial charge is 0.380 e. The van der Waals surface area contributed by atoms with Crippen LogP contribution in [0.4, 0.5) is 5.69 Å². The normalized spacial score (nSPS) is 20.4. The topological polar surface area (TPSA) is 15.3 Å². The molecule has 1 saturated heterocycles. The van der Waals surface area contributed by atoms with Gasteiger partial charge in [-0.1, -0.05) is 24.3 Å². The van der Waals surface area contributed by atoms with Crippen molar-refractivity contribution in [2.45, 2.75) is 18.9 Å². The molecule has 0 spiro atoms. The van der Waals surface area contributed by atoms with Crippen molar-refractivity contribution in [2.75, 3.05) is 25.5 Å². The van der Waals surface area contributed by atoms with Crippen molar-refractivity contribution >= 4 is 17.0 Å². The summed E-state index contributed by atoms with van der Waals surface area (Å²) in [5, 5.41) is 5.87. The Morgan fingerprint density at radius 2 is 2.11 bits per heavy atom. The summed E-state index contributed by atoms with van der Waals surface area (Å²) in [5.74, 6) is 0. The lowest BCUT2D eigenvalue weighted by Crippen LogP contribution is -2.39. The van der Waals surface area contributed by atoms with Crippen LogP contribution in [0.25, 0.3) is 10.4 Å². The van der Waals surface area contributed by atoms with Crippen molar-refractivity contribution < 1.29 is 0 Å². The quantitative estimate of drug-likeness (QED) is 0.911. The molecule has 1 atom stereocenters. The maximum absolute atomic E-state index is 3.73. The number of benzene rings is 1. The molecule has 2 heterocycles. The summed E-state index contributed by atoms with van der Waals surface area (Å²) < 4.78 is 0. The summed E-state index contributed by atoms with van der Waals surface area (Å²) in [6.45, 7) is 2.36. The summed E-state index contributed by atoms with van der Waals surface area (Å²) in [4.78, 5) is 3.75. The van der Waals surface area contributed by atoms with Crippen molar-refractivity contribution in [1.29, 1.82) is 0 Å². The number of piperidine rings is 1. The summed E-state index contributed by atoms with van der Waals surface area (Å²) in [6.07, 6.45) is 2.55. The number of nitrogens with zero attached hydrogens (tertiary/aromatic N) is 1. The highest BCUT2D eigenvalue weighted by Gasteiger charge is 2.18. The van der Waals surface area contributed by atoms with E-state index in [1.54, 1.807) is 11.3 Å².